The first-order valence-corrected chi connectivity index (χ1v) is 7.90. The summed E-state index contributed by atoms with van der Waals surface area (Å²) in [7, 11) is 0. The molecule has 1 aromatic carbocycles. The minimum atomic E-state index is 0.212. The highest BCUT2D eigenvalue weighted by molar-refractivity contribution is 5.80. The molecule has 0 saturated carbocycles. The Morgan fingerprint density at radius 3 is 2.85 bits per heavy atom. The fourth-order valence-corrected chi connectivity index (χ4v) is 4.20. The van der Waals surface area contributed by atoms with Gasteiger partial charge in [-0.15, -0.1) is 0 Å². The molecule has 1 N–H and O–H groups in total. The molecule has 1 amide bonds. The van der Waals surface area contributed by atoms with Crippen LogP contribution >= 0.6 is 0 Å². The van der Waals surface area contributed by atoms with Crippen LogP contribution in [0.2, 0.25) is 0 Å². The van der Waals surface area contributed by atoms with E-state index in [1.807, 2.05) is 0 Å². The smallest absolute Gasteiger partial charge is 0.226 e. The molecule has 4 rings (SSSR count). The second-order valence-electron chi connectivity index (χ2n) is 6.56. The van der Waals surface area contributed by atoms with Gasteiger partial charge in [-0.3, -0.25) is 4.79 Å². The molecule has 1 aliphatic carbocycles. The van der Waals surface area contributed by atoms with Gasteiger partial charge in [0.25, 0.3) is 0 Å². The van der Waals surface area contributed by atoms with Gasteiger partial charge < -0.3 is 10.2 Å². The molecule has 3 nitrogen and oxygen atoms in total. The van der Waals surface area contributed by atoms with Crippen LogP contribution in [0.1, 0.15) is 24.0 Å². The lowest BCUT2D eigenvalue weighted by atomic mass is 9.83. The molecule has 0 bridgehead atoms. The lowest BCUT2D eigenvalue weighted by Crippen LogP contribution is -2.39. The van der Waals surface area contributed by atoms with E-state index in [1.165, 1.54) is 17.5 Å². The van der Waals surface area contributed by atoms with Crippen molar-refractivity contribution >= 4 is 5.91 Å². The molecule has 3 heteroatoms. The number of amides is 1. The van der Waals surface area contributed by atoms with Crippen molar-refractivity contribution in [3.05, 3.63) is 35.4 Å². The van der Waals surface area contributed by atoms with E-state index in [4.69, 9.17) is 0 Å². The fourth-order valence-electron chi connectivity index (χ4n) is 4.20. The number of likely N-dealkylation sites (tertiary alicyclic amines) is 1. The summed E-state index contributed by atoms with van der Waals surface area (Å²) in [6.07, 6.45) is 4.26. The maximum Gasteiger partial charge on any atom is 0.226 e. The van der Waals surface area contributed by atoms with Crippen LogP contribution in [0.3, 0.4) is 0 Å². The molecule has 1 aromatic rings. The first-order chi connectivity index (χ1) is 9.81. The molecule has 2 saturated heterocycles. The normalized spacial score (nSPS) is 32.0. The third-order valence-electron chi connectivity index (χ3n) is 5.37. The van der Waals surface area contributed by atoms with Crippen molar-refractivity contribution in [3.8, 4) is 0 Å². The van der Waals surface area contributed by atoms with Gasteiger partial charge in [-0.05, 0) is 49.3 Å². The zero-order chi connectivity index (χ0) is 13.5. The van der Waals surface area contributed by atoms with E-state index in [-0.39, 0.29) is 5.92 Å². The van der Waals surface area contributed by atoms with Crippen LogP contribution in [0.15, 0.2) is 24.3 Å². The van der Waals surface area contributed by atoms with Crippen molar-refractivity contribution in [2.45, 2.75) is 31.7 Å². The van der Waals surface area contributed by atoms with Crippen molar-refractivity contribution in [1.82, 2.24) is 10.2 Å². The van der Waals surface area contributed by atoms with E-state index in [2.05, 4.69) is 34.5 Å². The Labute approximate surface area is 120 Å². The first-order valence-electron chi connectivity index (χ1n) is 7.90. The number of hydrogen-bond donors (Lipinski definition) is 1. The van der Waals surface area contributed by atoms with Gasteiger partial charge in [-0.1, -0.05) is 24.3 Å². The zero-order valence-corrected chi connectivity index (χ0v) is 11.8. The topological polar surface area (TPSA) is 32.3 Å². The second-order valence-corrected chi connectivity index (χ2v) is 6.56. The molecular formula is C17H22N2O. The van der Waals surface area contributed by atoms with Crippen LogP contribution in [-0.4, -0.2) is 36.5 Å². The fraction of sp³-hybridized carbons (Fsp3) is 0.588. The standard InChI is InChI=1S/C17H22N2O/c20-17(19-10-15-7-8-18-16(15)11-19)14-6-5-12-3-1-2-4-13(12)9-14/h1-4,14-16,18H,5-11H2/t14?,15-,16+/m0/s1. The van der Waals surface area contributed by atoms with Gasteiger partial charge in [0.15, 0.2) is 0 Å². The number of fused-ring (bicyclic) bond motifs is 2. The molecule has 2 heterocycles. The molecule has 2 aliphatic heterocycles. The number of aryl methyl sites for hydroxylation is 1. The number of nitrogens with zero attached hydrogens (tertiary/aromatic N) is 1. The maximum absolute atomic E-state index is 12.7. The van der Waals surface area contributed by atoms with Gasteiger partial charge in [0.2, 0.25) is 5.91 Å². The van der Waals surface area contributed by atoms with E-state index in [9.17, 15) is 4.79 Å². The Balaban J connectivity index is 1.45. The monoisotopic (exact) mass is 270 g/mol. The molecule has 2 fully saturated rings. The number of rotatable bonds is 1. The Bertz CT molecular complexity index is 515. The third kappa shape index (κ3) is 2.05. The van der Waals surface area contributed by atoms with Crippen LogP contribution in [-0.2, 0) is 17.6 Å². The summed E-state index contributed by atoms with van der Waals surface area (Å²) >= 11 is 0. The number of hydrogen-bond acceptors (Lipinski definition) is 2. The highest BCUT2D eigenvalue weighted by atomic mass is 16.2. The summed E-state index contributed by atoms with van der Waals surface area (Å²) in [5.41, 5.74) is 2.83. The average molecular weight is 270 g/mol. The van der Waals surface area contributed by atoms with Gasteiger partial charge in [0.1, 0.15) is 0 Å². The van der Waals surface area contributed by atoms with Crippen LogP contribution in [0.5, 0.6) is 0 Å². The Hall–Kier alpha value is -1.35. The average Bonchev–Trinajstić information content (AvgIpc) is 3.07. The molecule has 1 unspecified atom stereocenters. The predicted octanol–water partition coefficient (Wildman–Crippen LogP) is 1.61. The van der Waals surface area contributed by atoms with Gasteiger partial charge in [0, 0.05) is 25.0 Å². The molecule has 3 aliphatic rings. The Kier molecular flexibility index (Phi) is 3.03. The van der Waals surface area contributed by atoms with Crippen molar-refractivity contribution in [2.24, 2.45) is 11.8 Å². The lowest BCUT2D eigenvalue weighted by Gasteiger charge is -2.28. The summed E-state index contributed by atoms with van der Waals surface area (Å²) in [6, 6.07) is 9.16. The van der Waals surface area contributed by atoms with E-state index < -0.39 is 0 Å². The SMILES string of the molecule is O=C(C1CCc2ccccc2C1)N1C[C@@H]2CCN[C@@H]2C1. The molecule has 20 heavy (non-hydrogen) atoms. The second kappa shape index (κ2) is 4.88. The predicted molar refractivity (Wildman–Crippen MR) is 78.4 cm³/mol. The molecule has 0 spiro atoms. The van der Waals surface area contributed by atoms with Gasteiger partial charge in [-0.25, -0.2) is 0 Å². The number of carbonyl (C=O) groups excluding carboxylic acids is 1. The van der Waals surface area contributed by atoms with Crippen LogP contribution in [0, 0.1) is 11.8 Å². The van der Waals surface area contributed by atoms with E-state index in [0.717, 1.165) is 38.9 Å². The molecule has 0 radical (unpaired) electrons. The number of carbonyl (C=O) groups is 1. The Morgan fingerprint density at radius 1 is 1.15 bits per heavy atom. The molecule has 0 aromatic heterocycles. The van der Waals surface area contributed by atoms with E-state index in [0.29, 0.717) is 17.9 Å². The lowest BCUT2D eigenvalue weighted by molar-refractivity contribution is -0.135. The van der Waals surface area contributed by atoms with Crippen molar-refractivity contribution < 1.29 is 4.79 Å². The van der Waals surface area contributed by atoms with E-state index in [1.54, 1.807) is 0 Å². The quantitative estimate of drug-likeness (QED) is 0.841. The molecular weight excluding hydrogens is 248 g/mol. The minimum absolute atomic E-state index is 0.212. The van der Waals surface area contributed by atoms with Crippen LogP contribution in [0.4, 0.5) is 0 Å². The number of nitrogens with one attached hydrogen (secondary N) is 1. The van der Waals surface area contributed by atoms with Crippen molar-refractivity contribution in [2.75, 3.05) is 19.6 Å². The van der Waals surface area contributed by atoms with Gasteiger partial charge in [-0.2, -0.15) is 0 Å². The van der Waals surface area contributed by atoms with E-state index >= 15 is 0 Å². The summed E-state index contributed by atoms with van der Waals surface area (Å²) in [5, 5.41) is 3.53. The van der Waals surface area contributed by atoms with Crippen LogP contribution in [0.25, 0.3) is 0 Å². The van der Waals surface area contributed by atoms with Gasteiger partial charge >= 0.3 is 0 Å². The number of benzene rings is 1. The Morgan fingerprint density at radius 2 is 2.00 bits per heavy atom. The zero-order valence-electron chi connectivity index (χ0n) is 11.8. The maximum atomic E-state index is 12.7. The summed E-state index contributed by atoms with van der Waals surface area (Å²) in [5.74, 6) is 1.31. The largest absolute Gasteiger partial charge is 0.341 e. The summed E-state index contributed by atoms with van der Waals surface area (Å²) in [4.78, 5) is 14.9. The summed E-state index contributed by atoms with van der Waals surface area (Å²) in [6.45, 7) is 3.05. The minimum Gasteiger partial charge on any atom is -0.341 e. The van der Waals surface area contributed by atoms with Crippen molar-refractivity contribution in [1.29, 1.82) is 0 Å². The first kappa shape index (κ1) is 12.4. The highest BCUT2D eigenvalue weighted by Gasteiger charge is 2.40. The highest BCUT2D eigenvalue weighted by Crippen LogP contribution is 2.30. The molecule has 106 valence electrons. The van der Waals surface area contributed by atoms with Gasteiger partial charge in [0.05, 0.1) is 0 Å². The molecule has 3 atom stereocenters. The van der Waals surface area contributed by atoms with Crippen molar-refractivity contribution in [3.63, 3.8) is 0 Å². The third-order valence-corrected chi connectivity index (χ3v) is 5.37. The van der Waals surface area contributed by atoms with Crippen LogP contribution < -0.4 is 5.32 Å². The summed E-state index contributed by atoms with van der Waals surface area (Å²) < 4.78 is 0.